The van der Waals surface area contributed by atoms with E-state index in [0.717, 1.165) is 19.3 Å². The molecule has 0 bridgehead atoms. The average Bonchev–Trinajstić information content (AvgIpc) is 2.93. The Morgan fingerprint density at radius 2 is 1.40 bits per heavy atom. The van der Waals surface area contributed by atoms with Crippen molar-refractivity contribution < 1.29 is 52.3 Å². The molecule has 0 saturated carbocycles. The van der Waals surface area contributed by atoms with Crippen molar-refractivity contribution in [1.82, 2.24) is 5.32 Å². The highest BCUT2D eigenvalue weighted by Gasteiger charge is 2.23. The fourth-order valence-corrected chi connectivity index (χ4v) is 3.10. The number of unbranched alkanes of at least 4 members (excludes halogenated alkanes) is 2. The Bertz CT molecular complexity index is 937. The van der Waals surface area contributed by atoms with Crippen LogP contribution >= 0.6 is 0 Å². The Labute approximate surface area is 235 Å². The van der Waals surface area contributed by atoms with Crippen molar-refractivity contribution in [2.45, 2.75) is 91.4 Å². The van der Waals surface area contributed by atoms with Gasteiger partial charge >= 0.3 is 24.4 Å². The van der Waals surface area contributed by atoms with E-state index in [1.807, 2.05) is 20.8 Å². The van der Waals surface area contributed by atoms with Gasteiger partial charge in [0.15, 0.2) is 11.5 Å². The summed E-state index contributed by atoms with van der Waals surface area (Å²) in [5.74, 6) is -0.713. The summed E-state index contributed by atoms with van der Waals surface area (Å²) in [6.07, 6.45) is 0.530. The molecule has 0 aromatic heterocycles. The van der Waals surface area contributed by atoms with Crippen molar-refractivity contribution in [2.24, 2.45) is 0 Å². The van der Waals surface area contributed by atoms with E-state index in [2.05, 4.69) is 5.32 Å². The summed E-state index contributed by atoms with van der Waals surface area (Å²) in [7, 11) is 1.25. The lowest BCUT2D eigenvalue weighted by Crippen LogP contribution is -2.41. The number of benzene rings is 1. The molecule has 0 saturated heterocycles. The monoisotopic (exact) mass is 569 g/mol. The second-order valence-electron chi connectivity index (χ2n) is 9.05. The predicted molar refractivity (Wildman–Crippen MR) is 145 cm³/mol. The van der Waals surface area contributed by atoms with Crippen LogP contribution in [-0.4, -0.2) is 69.6 Å². The van der Waals surface area contributed by atoms with Gasteiger partial charge in [0, 0.05) is 6.54 Å². The number of carbonyl (C=O) groups excluding carboxylic acids is 4. The third kappa shape index (κ3) is 14.0. The first kappa shape index (κ1) is 34.5. The maximum atomic E-state index is 12.4. The molecule has 0 aliphatic rings. The van der Waals surface area contributed by atoms with E-state index in [1.165, 1.54) is 19.2 Å². The van der Waals surface area contributed by atoms with Crippen LogP contribution in [0.4, 0.5) is 14.4 Å². The second kappa shape index (κ2) is 19.5. The van der Waals surface area contributed by atoms with Gasteiger partial charge in [-0.3, -0.25) is 4.79 Å². The van der Waals surface area contributed by atoms with E-state index < -0.39 is 30.5 Å². The Kier molecular flexibility index (Phi) is 16.8. The smallest absolute Gasteiger partial charge is 0.468 e. The molecule has 12 nitrogen and oxygen atoms in total. The number of hydrogen-bond acceptors (Lipinski definition) is 12. The summed E-state index contributed by atoms with van der Waals surface area (Å²) in [6, 6.07) is 3.65. The highest BCUT2D eigenvalue weighted by Crippen LogP contribution is 2.30. The summed E-state index contributed by atoms with van der Waals surface area (Å²) in [5, 5.41) is 2.97. The molecular weight excluding hydrogens is 526 g/mol. The van der Waals surface area contributed by atoms with E-state index in [4.69, 9.17) is 33.2 Å². The Morgan fingerprint density at radius 1 is 0.800 bits per heavy atom. The van der Waals surface area contributed by atoms with Crippen LogP contribution in [0.15, 0.2) is 18.2 Å². The molecule has 3 atom stereocenters. The van der Waals surface area contributed by atoms with Gasteiger partial charge in [-0.25, -0.2) is 14.4 Å². The summed E-state index contributed by atoms with van der Waals surface area (Å²) in [4.78, 5) is 48.6. The van der Waals surface area contributed by atoms with Gasteiger partial charge in [0.25, 0.3) is 0 Å². The number of rotatable bonds is 17. The van der Waals surface area contributed by atoms with Gasteiger partial charge in [-0.2, -0.15) is 0 Å². The molecule has 0 heterocycles. The quantitative estimate of drug-likeness (QED) is 0.112. The molecule has 0 radical (unpaired) electrons. The maximum Gasteiger partial charge on any atom is 0.514 e. The molecule has 0 aliphatic carbocycles. The summed E-state index contributed by atoms with van der Waals surface area (Å²) < 4.78 is 35.8. The van der Waals surface area contributed by atoms with Crippen LogP contribution in [0.2, 0.25) is 0 Å². The Balaban J connectivity index is 2.92. The largest absolute Gasteiger partial charge is 0.514 e. The summed E-state index contributed by atoms with van der Waals surface area (Å²) >= 11 is 0. The zero-order valence-corrected chi connectivity index (χ0v) is 24.3. The van der Waals surface area contributed by atoms with E-state index in [0.29, 0.717) is 18.4 Å². The van der Waals surface area contributed by atoms with Gasteiger partial charge in [-0.05, 0) is 57.2 Å². The van der Waals surface area contributed by atoms with Crippen molar-refractivity contribution in [2.75, 3.05) is 26.9 Å². The number of hydrogen-bond donors (Lipinski definition) is 1. The molecule has 1 aromatic rings. The van der Waals surface area contributed by atoms with Crippen LogP contribution < -0.4 is 14.8 Å². The molecular formula is C28H43NO11. The first-order valence-corrected chi connectivity index (χ1v) is 13.6. The van der Waals surface area contributed by atoms with Crippen molar-refractivity contribution in [1.29, 1.82) is 0 Å². The summed E-state index contributed by atoms with van der Waals surface area (Å²) in [6.45, 7) is 9.58. The van der Waals surface area contributed by atoms with Crippen molar-refractivity contribution >= 4 is 24.4 Å². The lowest BCUT2D eigenvalue weighted by Gasteiger charge is -2.18. The zero-order valence-electron chi connectivity index (χ0n) is 24.3. The number of carbonyl (C=O) groups is 4. The van der Waals surface area contributed by atoms with Crippen LogP contribution in [0.5, 0.6) is 11.5 Å². The normalized spacial score (nSPS) is 12.8. The molecule has 12 heteroatoms. The summed E-state index contributed by atoms with van der Waals surface area (Å²) in [5.41, 5.74) is 0.549. The molecule has 1 aromatic carbocycles. The average molecular weight is 570 g/mol. The second-order valence-corrected chi connectivity index (χ2v) is 9.05. The lowest BCUT2D eigenvalue weighted by molar-refractivity contribution is -0.143. The molecule has 0 fully saturated rings. The lowest BCUT2D eigenvalue weighted by atomic mass is 10.1. The fourth-order valence-electron chi connectivity index (χ4n) is 3.10. The zero-order chi connectivity index (χ0) is 29.9. The first-order valence-electron chi connectivity index (χ1n) is 13.6. The number of nitrogens with one attached hydrogen (secondary N) is 1. The molecule has 1 rings (SSSR count). The molecule has 2 unspecified atom stereocenters. The third-order valence-electron chi connectivity index (χ3n) is 5.75. The topological polar surface area (TPSA) is 145 Å². The molecule has 0 spiro atoms. The predicted octanol–water partition coefficient (Wildman–Crippen LogP) is 5.33. The first-order chi connectivity index (χ1) is 19.1. The molecule has 40 heavy (non-hydrogen) atoms. The van der Waals surface area contributed by atoms with E-state index in [9.17, 15) is 19.2 Å². The SMILES string of the molecule is CCCCCOC(=O)OCCN[C@@H](Cc1ccc(OC(=O)OC(C)CC)c(OC(=O)OC(C)CC)c1)C(=O)OC. The van der Waals surface area contributed by atoms with Gasteiger partial charge in [-0.1, -0.05) is 39.7 Å². The van der Waals surface area contributed by atoms with Crippen LogP contribution in [0.25, 0.3) is 0 Å². The maximum absolute atomic E-state index is 12.4. The molecule has 0 amide bonds. The van der Waals surface area contributed by atoms with Crippen LogP contribution in [0.1, 0.15) is 72.3 Å². The van der Waals surface area contributed by atoms with E-state index in [-0.39, 0.29) is 49.9 Å². The van der Waals surface area contributed by atoms with Gasteiger partial charge < -0.3 is 38.5 Å². The standard InChI is InChI=1S/C28H43NO11/c1-7-10-11-15-35-26(31)36-16-14-29-22(25(30)34-6)17-21-12-13-23(39-27(32)37-19(4)8-2)24(18-21)40-28(33)38-20(5)9-3/h12-13,18-20,22,29H,7-11,14-17H2,1-6H3/t19?,20?,22-/m0/s1. The third-order valence-corrected chi connectivity index (χ3v) is 5.75. The van der Waals surface area contributed by atoms with Crippen LogP contribution in [0, 0.1) is 0 Å². The van der Waals surface area contributed by atoms with Crippen molar-refractivity contribution in [3.05, 3.63) is 23.8 Å². The minimum Gasteiger partial charge on any atom is -0.468 e. The fraction of sp³-hybridized carbons (Fsp3) is 0.643. The molecule has 0 aliphatic heterocycles. The van der Waals surface area contributed by atoms with E-state index >= 15 is 0 Å². The highest BCUT2D eigenvalue weighted by atomic mass is 16.8. The van der Waals surface area contributed by atoms with Gasteiger partial charge in [-0.15, -0.1) is 0 Å². The number of esters is 1. The minimum atomic E-state index is -0.979. The van der Waals surface area contributed by atoms with E-state index in [1.54, 1.807) is 19.9 Å². The number of ether oxygens (including phenoxy) is 7. The Morgan fingerprint density at radius 3 is 1.98 bits per heavy atom. The van der Waals surface area contributed by atoms with Crippen molar-refractivity contribution in [3.63, 3.8) is 0 Å². The van der Waals surface area contributed by atoms with Gasteiger partial charge in [0.05, 0.1) is 13.7 Å². The minimum absolute atomic E-state index is 0.0268. The van der Waals surface area contributed by atoms with Crippen LogP contribution in [-0.2, 0) is 34.9 Å². The highest BCUT2D eigenvalue weighted by molar-refractivity contribution is 5.76. The Hall–Kier alpha value is -3.54. The van der Waals surface area contributed by atoms with Gasteiger partial charge in [0.1, 0.15) is 24.9 Å². The molecule has 1 N–H and O–H groups in total. The molecule has 226 valence electrons. The number of methoxy groups -OCH3 is 1. The van der Waals surface area contributed by atoms with Crippen LogP contribution in [0.3, 0.4) is 0 Å². The van der Waals surface area contributed by atoms with Crippen molar-refractivity contribution in [3.8, 4) is 11.5 Å². The van der Waals surface area contributed by atoms with Gasteiger partial charge in [0.2, 0.25) is 0 Å².